The lowest BCUT2D eigenvalue weighted by molar-refractivity contribution is 1.04. The van der Waals surface area contributed by atoms with Gasteiger partial charge in [-0.3, -0.25) is 0 Å². The van der Waals surface area contributed by atoms with Crippen molar-refractivity contribution < 1.29 is 0 Å². The second-order valence-electron chi connectivity index (χ2n) is 2.84. The van der Waals surface area contributed by atoms with Crippen LogP contribution < -0.4 is 5.32 Å². The Hall–Kier alpha value is -0.820. The van der Waals surface area contributed by atoms with E-state index in [4.69, 9.17) is 0 Å². The second kappa shape index (κ2) is 2.10. The lowest BCUT2D eigenvalue weighted by Gasteiger charge is -1.92. The van der Waals surface area contributed by atoms with E-state index in [2.05, 4.69) is 42.6 Å². The van der Waals surface area contributed by atoms with E-state index in [-0.39, 0.29) is 0 Å². The van der Waals surface area contributed by atoms with Crippen LogP contribution >= 0.6 is 0 Å². The maximum atomic E-state index is 3.35. The van der Waals surface area contributed by atoms with Crippen molar-refractivity contribution in [2.24, 2.45) is 0 Å². The highest BCUT2D eigenvalue weighted by atomic mass is 15.1. The first-order chi connectivity index (χ1) is 4.88. The van der Waals surface area contributed by atoms with E-state index < -0.39 is 0 Å². The molecule has 52 valence electrons. The zero-order valence-electron chi connectivity index (χ0n) is 6.04. The molecular formula is C9H11N. The van der Waals surface area contributed by atoms with E-state index in [9.17, 15) is 0 Å². The van der Waals surface area contributed by atoms with Crippen LogP contribution in [0.5, 0.6) is 0 Å². The first-order valence-corrected chi connectivity index (χ1v) is 3.69. The molecule has 0 amide bonds. The molecular weight excluding hydrogens is 122 g/mol. The summed E-state index contributed by atoms with van der Waals surface area (Å²) in [7, 11) is 0. The third-order valence-corrected chi connectivity index (χ3v) is 1.99. The van der Waals surface area contributed by atoms with Gasteiger partial charge >= 0.3 is 0 Å². The molecule has 1 unspecified atom stereocenters. The van der Waals surface area contributed by atoms with Crippen molar-refractivity contribution in [1.82, 2.24) is 5.32 Å². The van der Waals surface area contributed by atoms with E-state index in [1.54, 1.807) is 0 Å². The Morgan fingerprint density at radius 3 is 2.30 bits per heavy atom. The summed E-state index contributed by atoms with van der Waals surface area (Å²) < 4.78 is 0. The van der Waals surface area contributed by atoms with E-state index >= 15 is 0 Å². The van der Waals surface area contributed by atoms with Gasteiger partial charge in [0.15, 0.2) is 0 Å². The van der Waals surface area contributed by atoms with Crippen LogP contribution in [0.4, 0.5) is 0 Å². The summed E-state index contributed by atoms with van der Waals surface area (Å²) in [4.78, 5) is 0. The molecule has 1 heteroatoms. The fraction of sp³-hybridized carbons (Fsp3) is 0.333. The number of nitrogens with one attached hydrogen (secondary N) is 1. The van der Waals surface area contributed by atoms with E-state index in [1.165, 1.54) is 5.56 Å². The molecule has 1 N–H and O–H groups in total. The third kappa shape index (κ3) is 0.929. The zero-order chi connectivity index (χ0) is 6.97. The van der Waals surface area contributed by atoms with Crippen molar-refractivity contribution >= 4 is 0 Å². The molecule has 0 spiro atoms. The monoisotopic (exact) mass is 133 g/mol. The van der Waals surface area contributed by atoms with E-state index in [0.29, 0.717) is 12.1 Å². The molecule has 0 aromatic heterocycles. The fourth-order valence-corrected chi connectivity index (χ4v) is 1.27. The SMILES string of the molecule is CC1N[C@H]1c1ccccc1. The van der Waals surface area contributed by atoms with Gasteiger partial charge in [0.2, 0.25) is 0 Å². The Morgan fingerprint density at radius 1 is 1.20 bits per heavy atom. The van der Waals surface area contributed by atoms with Gasteiger partial charge in [-0.05, 0) is 12.5 Å². The van der Waals surface area contributed by atoms with E-state index in [1.807, 2.05) is 0 Å². The molecule has 1 heterocycles. The minimum atomic E-state index is 0.626. The normalized spacial score (nSPS) is 30.1. The maximum Gasteiger partial charge on any atom is 0.0476 e. The van der Waals surface area contributed by atoms with Crippen molar-refractivity contribution in [3.63, 3.8) is 0 Å². The van der Waals surface area contributed by atoms with Gasteiger partial charge in [-0.2, -0.15) is 0 Å². The topological polar surface area (TPSA) is 21.9 Å². The van der Waals surface area contributed by atoms with Gasteiger partial charge in [0, 0.05) is 12.1 Å². The number of rotatable bonds is 1. The Kier molecular flexibility index (Phi) is 1.24. The molecule has 0 bridgehead atoms. The van der Waals surface area contributed by atoms with Gasteiger partial charge in [0.05, 0.1) is 0 Å². The van der Waals surface area contributed by atoms with Crippen molar-refractivity contribution in [2.75, 3.05) is 0 Å². The van der Waals surface area contributed by atoms with Crippen LogP contribution in [-0.2, 0) is 0 Å². The first-order valence-electron chi connectivity index (χ1n) is 3.69. The Labute approximate surface area is 61.1 Å². The van der Waals surface area contributed by atoms with Crippen molar-refractivity contribution in [3.05, 3.63) is 35.9 Å². The van der Waals surface area contributed by atoms with Gasteiger partial charge in [0.25, 0.3) is 0 Å². The standard InChI is InChI=1S/C9H11N/c1-7-9(10-7)8-5-3-2-4-6-8/h2-7,9-10H,1H3/t7?,9-/m1/s1. The quantitative estimate of drug-likeness (QED) is 0.579. The Morgan fingerprint density at radius 2 is 1.80 bits per heavy atom. The molecule has 0 radical (unpaired) electrons. The molecule has 0 aliphatic carbocycles. The number of hydrogen-bond donors (Lipinski definition) is 1. The molecule has 1 aromatic rings. The van der Waals surface area contributed by atoms with Gasteiger partial charge in [-0.1, -0.05) is 30.3 Å². The molecule has 1 aliphatic rings. The van der Waals surface area contributed by atoms with E-state index in [0.717, 1.165) is 0 Å². The lowest BCUT2D eigenvalue weighted by atomic mass is 10.1. The molecule has 1 aliphatic heterocycles. The fourth-order valence-electron chi connectivity index (χ4n) is 1.27. The molecule has 2 rings (SSSR count). The average molecular weight is 133 g/mol. The van der Waals surface area contributed by atoms with Gasteiger partial charge < -0.3 is 5.32 Å². The molecule has 1 saturated heterocycles. The summed E-state index contributed by atoms with van der Waals surface area (Å²) in [5, 5.41) is 3.35. The second-order valence-corrected chi connectivity index (χ2v) is 2.84. The van der Waals surface area contributed by atoms with Crippen LogP contribution in [0.1, 0.15) is 18.5 Å². The Balaban J connectivity index is 2.20. The average Bonchev–Trinajstić information content (AvgIpc) is 2.69. The molecule has 1 fully saturated rings. The van der Waals surface area contributed by atoms with Crippen molar-refractivity contribution in [3.8, 4) is 0 Å². The van der Waals surface area contributed by atoms with Gasteiger partial charge in [0.1, 0.15) is 0 Å². The largest absolute Gasteiger partial charge is 0.304 e. The highest BCUT2D eigenvalue weighted by Crippen LogP contribution is 2.28. The summed E-state index contributed by atoms with van der Waals surface area (Å²) in [5.41, 5.74) is 1.41. The lowest BCUT2D eigenvalue weighted by Crippen LogP contribution is -1.81. The summed E-state index contributed by atoms with van der Waals surface area (Å²) in [6.07, 6.45) is 0. The summed E-state index contributed by atoms with van der Waals surface area (Å²) in [5.74, 6) is 0. The number of benzene rings is 1. The van der Waals surface area contributed by atoms with Crippen LogP contribution in [0.3, 0.4) is 0 Å². The number of hydrogen-bond acceptors (Lipinski definition) is 1. The minimum Gasteiger partial charge on any atom is -0.304 e. The first kappa shape index (κ1) is 5.93. The molecule has 10 heavy (non-hydrogen) atoms. The molecule has 2 atom stereocenters. The van der Waals surface area contributed by atoms with Crippen molar-refractivity contribution in [1.29, 1.82) is 0 Å². The highest BCUT2D eigenvalue weighted by Gasteiger charge is 2.32. The predicted molar refractivity (Wildman–Crippen MR) is 41.8 cm³/mol. The summed E-state index contributed by atoms with van der Waals surface area (Å²) >= 11 is 0. The third-order valence-electron chi connectivity index (χ3n) is 1.99. The smallest absolute Gasteiger partial charge is 0.0476 e. The summed E-state index contributed by atoms with van der Waals surface area (Å²) in [6.45, 7) is 2.21. The zero-order valence-corrected chi connectivity index (χ0v) is 6.04. The van der Waals surface area contributed by atoms with Crippen LogP contribution in [0, 0.1) is 0 Å². The predicted octanol–water partition coefficient (Wildman–Crippen LogP) is 1.72. The summed E-state index contributed by atoms with van der Waals surface area (Å²) in [6, 6.07) is 11.9. The van der Waals surface area contributed by atoms with Gasteiger partial charge in [-0.15, -0.1) is 0 Å². The van der Waals surface area contributed by atoms with Crippen LogP contribution in [0.2, 0.25) is 0 Å². The van der Waals surface area contributed by atoms with Gasteiger partial charge in [-0.25, -0.2) is 0 Å². The maximum absolute atomic E-state index is 3.35. The van der Waals surface area contributed by atoms with Crippen molar-refractivity contribution in [2.45, 2.75) is 19.0 Å². The molecule has 0 saturated carbocycles. The molecule has 1 aromatic carbocycles. The van der Waals surface area contributed by atoms with Crippen LogP contribution in [0.25, 0.3) is 0 Å². The van der Waals surface area contributed by atoms with Crippen LogP contribution in [0.15, 0.2) is 30.3 Å². The minimum absolute atomic E-state index is 0.626. The molecule has 1 nitrogen and oxygen atoms in total. The van der Waals surface area contributed by atoms with Crippen LogP contribution in [-0.4, -0.2) is 6.04 Å². The Bertz CT molecular complexity index is 217. The highest BCUT2D eigenvalue weighted by molar-refractivity contribution is 5.25.